The van der Waals surface area contributed by atoms with Gasteiger partial charge in [-0.2, -0.15) is 0 Å². The summed E-state index contributed by atoms with van der Waals surface area (Å²) in [5.74, 6) is 0.0329. The summed E-state index contributed by atoms with van der Waals surface area (Å²) in [6.45, 7) is 6.76. The van der Waals surface area contributed by atoms with Crippen LogP contribution in [0.2, 0.25) is 0 Å². The van der Waals surface area contributed by atoms with Crippen LogP contribution in [-0.2, 0) is 0 Å². The van der Waals surface area contributed by atoms with Crippen LogP contribution in [0, 0.1) is 11.2 Å². The standard InChI is InChI=1S/C15H24FN3O/c1-11(12-5-7-13(16)8-6-12)18-10-4-9-15(2,3)14(17)19-20/h5-8,11,18,20H,4,9-10H2,1-3H3,(H2,17,19)/t11-/m1/s1. The normalized spacial score (nSPS) is 14.3. The average Bonchev–Trinajstić information content (AvgIpc) is 2.43. The summed E-state index contributed by atoms with van der Waals surface area (Å²) in [7, 11) is 0. The molecule has 0 fully saturated rings. The Balaban J connectivity index is 2.36. The van der Waals surface area contributed by atoms with Crippen LogP contribution in [0.1, 0.15) is 45.2 Å². The zero-order valence-electron chi connectivity index (χ0n) is 12.4. The molecule has 0 amide bonds. The number of oxime groups is 1. The van der Waals surface area contributed by atoms with E-state index in [1.807, 2.05) is 20.8 Å². The van der Waals surface area contributed by atoms with Crippen LogP contribution in [0.4, 0.5) is 4.39 Å². The molecule has 0 spiro atoms. The van der Waals surface area contributed by atoms with E-state index in [0.29, 0.717) is 0 Å². The lowest BCUT2D eigenvalue weighted by molar-refractivity contribution is 0.304. The molecule has 0 aliphatic heterocycles. The maximum atomic E-state index is 12.8. The summed E-state index contributed by atoms with van der Waals surface area (Å²) in [6.07, 6.45) is 1.74. The number of hydrogen-bond donors (Lipinski definition) is 3. The lowest BCUT2D eigenvalue weighted by atomic mass is 9.86. The molecule has 1 rings (SSSR count). The number of rotatable bonds is 7. The summed E-state index contributed by atoms with van der Waals surface area (Å²) in [6, 6.07) is 6.67. The van der Waals surface area contributed by atoms with E-state index in [4.69, 9.17) is 10.9 Å². The van der Waals surface area contributed by atoms with Crippen molar-refractivity contribution in [3.8, 4) is 0 Å². The first kappa shape index (κ1) is 16.4. The second-order valence-electron chi connectivity index (χ2n) is 5.70. The molecular formula is C15H24FN3O. The maximum Gasteiger partial charge on any atom is 0.144 e. The lowest BCUT2D eigenvalue weighted by Crippen LogP contribution is -2.32. The Kier molecular flexibility index (Phi) is 5.95. The van der Waals surface area contributed by atoms with Crippen molar-refractivity contribution in [3.05, 3.63) is 35.6 Å². The van der Waals surface area contributed by atoms with Gasteiger partial charge in [0.25, 0.3) is 0 Å². The summed E-state index contributed by atoms with van der Waals surface area (Å²) in [5.41, 5.74) is 6.39. The van der Waals surface area contributed by atoms with E-state index >= 15 is 0 Å². The summed E-state index contributed by atoms with van der Waals surface area (Å²) >= 11 is 0. The average molecular weight is 281 g/mol. The first-order valence-corrected chi connectivity index (χ1v) is 6.83. The third-order valence-corrected chi connectivity index (χ3v) is 3.60. The van der Waals surface area contributed by atoms with E-state index in [-0.39, 0.29) is 23.1 Å². The van der Waals surface area contributed by atoms with Crippen molar-refractivity contribution in [3.63, 3.8) is 0 Å². The summed E-state index contributed by atoms with van der Waals surface area (Å²) in [5, 5.41) is 15.2. The largest absolute Gasteiger partial charge is 0.409 e. The number of nitrogens with zero attached hydrogens (tertiary/aromatic N) is 1. The molecule has 1 aromatic rings. The first-order valence-electron chi connectivity index (χ1n) is 6.83. The van der Waals surface area contributed by atoms with Crippen LogP contribution in [0.3, 0.4) is 0 Å². The molecule has 0 heterocycles. The van der Waals surface area contributed by atoms with Crippen LogP contribution < -0.4 is 11.1 Å². The predicted octanol–water partition coefficient (Wildman–Crippen LogP) is 3.03. The Hall–Kier alpha value is -1.62. The molecule has 112 valence electrons. The van der Waals surface area contributed by atoms with Gasteiger partial charge in [-0.05, 0) is 44.0 Å². The number of halogens is 1. The van der Waals surface area contributed by atoms with Gasteiger partial charge in [0.2, 0.25) is 0 Å². The molecular weight excluding hydrogens is 257 g/mol. The van der Waals surface area contributed by atoms with Crippen LogP contribution in [0.15, 0.2) is 29.4 Å². The van der Waals surface area contributed by atoms with E-state index in [2.05, 4.69) is 10.5 Å². The van der Waals surface area contributed by atoms with Gasteiger partial charge in [-0.1, -0.05) is 31.1 Å². The minimum absolute atomic E-state index is 0.169. The van der Waals surface area contributed by atoms with Gasteiger partial charge in [-0.15, -0.1) is 0 Å². The van der Waals surface area contributed by atoms with Crippen LogP contribution in [0.5, 0.6) is 0 Å². The number of benzene rings is 1. The van der Waals surface area contributed by atoms with Crippen molar-refractivity contribution in [1.82, 2.24) is 5.32 Å². The molecule has 0 saturated heterocycles. The van der Waals surface area contributed by atoms with Crippen molar-refractivity contribution < 1.29 is 9.60 Å². The fraction of sp³-hybridized carbons (Fsp3) is 0.533. The topological polar surface area (TPSA) is 70.6 Å². The molecule has 0 aromatic heterocycles. The zero-order chi connectivity index (χ0) is 15.2. The van der Waals surface area contributed by atoms with Gasteiger partial charge in [0.1, 0.15) is 11.7 Å². The molecule has 0 saturated carbocycles. The van der Waals surface area contributed by atoms with Crippen LogP contribution in [-0.4, -0.2) is 17.6 Å². The highest BCUT2D eigenvalue weighted by molar-refractivity contribution is 5.85. The minimum atomic E-state index is -0.310. The Labute approximate surface area is 119 Å². The molecule has 0 radical (unpaired) electrons. The van der Waals surface area contributed by atoms with Gasteiger partial charge in [0, 0.05) is 11.5 Å². The monoisotopic (exact) mass is 281 g/mol. The lowest BCUT2D eigenvalue weighted by Gasteiger charge is -2.23. The fourth-order valence-corrected chi connectivity index (χ4v) is 1.98. The fourth-order valence-electron chi connectivity index (χ4n) is 1.98. The van der Waals surface area contributed by atoms with E-state index < -0.39 is 0 Å². The van der Waals surface area contributed by atoms with Crippen molar-refractivity contribution >= 4 is 5.84 Å². The highest BCUT2D eigenvalue weighted by atomic mass is 19.1. The van der Waals surface area contributed by atoms with Crippen molar-refractivity contribution in [2.75, 3.05) is 6.54 Å². The number of nitrogens with one attached hydrogen (secondary N) is 1. The molecule has 5 heteroatoms. The van der Waals surface area contributed by atoms with Gasteiger partial charge in [0.15, 0.2) is 0 Å². The molecule has 0 aliphatic rings. The van der Waals surface area contributed by atoms with Gasteiger partial charge >= 0.3 is 0 Å². The van der Waals surface area contributed by atoms with E-state index in [1.165, 1.54) is 12.1 Å². The predicted molar refractivity (Wildman–Crippen MR) is 79.2 cm³/mol. The van der Waals surface area contributed by atoms with Crippen molar-refractivity contribution in [1.29, 1.82) is 0 Å². The summed E-state index contributed by atoms with van der Waals surface area (Å²) in [4.78, 5) is 0. The maximum absolute atomic E-state index is 12.8. The number of hydrogen-bond acceptors (Lipinski definition) is 3. The molecule has 0 unspecified atom stereocenters. The Morgan fingerprint density at radius 3 is 2.55 bits per heavy atom. The quantitative estimate of drug-likeness (QED) is 0.236. The van der Waals surface area contributed by atoms with E-state index in [1.54, 1.807) is 12.1 Å². The van der Waals surface area contributed by atoms with Gasteiger partial charge in [-0.3, -0.25) is 0 Å². The van der Waals surface area contributed by atoms with Crippen LogP contribution >= 0.6 is 0 Å². The van der Waals surface area contributed by atoms with Gasteiger partial charge in [0.05, 0.1) is 0 Å². The minimum Gasteiger partial charge on any atom is -0.409 e. The van der Waals surface area contributed by atoms with E-state index in [9.17, 15) is 4.39 Å². The Morgan fingerprint density at radius 2 is 2.00 bits per heavy atom. The first-order chi connectivity index (χ1) is 9.36. The molecule has 4 N–H and O–H groups in total. The third-order valence-electron chi connectivity index (χ3n) is 3.60. The molecule has 4 nitrogen and oxygen atoms in total. The Morgan fingerprint density at radius 1 is 1.40 bits per heavy atom. The third kappa shape index (κ3) is 4.81. The molecule has 0 aliphatic carbocycles. The van der Waals surface area contributed by atoms with E-state index in [0.717, 1.165) is 24.9 Å². The zero-order valence-corrected chi connectivity index (χ0v) is 12.4. The number of amidine groups is 1. The van der Waals surface area contributed by atoms with Crippen molar-refractivity contribution in [2.45, 2.75) is 39.7 Å². The van der Waals surface area contributed by atoms with Crippen LogP contribution in [0.25, 0.3) is 0 Å². The smallest absolute Gasteiger partial charge is 0.144 e. The van der Waals surface area contributed by atoms with Gasteiger partial charge in [-0.25, -0.2) is 4.39 Å². The number of nitrogens with two attached hydrogens (primary N) is 1. The highest BCUT2D eigenvalue weighted by Gasteiger charge is 2.22. The van der Waals surface area contributed by atoms with Crippen molar-refractivity contribution in [2.24, 2.45) is 16.3 Å². The molecule has 0 bridgehead atoms. The molecule has 20 heavy (non-hydrogen) atoms. The Bertz CT molecular complexity index is 443. The second-order valence-corrected chi connectivity index (χ2v) is 5.70. The molecule has 1 aromatic carbocycles. The highest BCUT2D eigenvalue weighted by Crippen LogP contribution is 2.22. The summed E-state index contributed by atoms with van der Waals surface area (Å²) < 4.78 is 12.8. The second kappa shape index (κ2) is 7.24. The SMILES string of the molecule is C[C@@H](NCCCC(C)(C)/C(N)=N/O)c1ccc(F)cc1. The van der Waals surface area contributed by atoms with Gasteiger partial charge < -0.3 is 16.3 Å². The molecule has 1 atom stereocenters.